The lowest BCUT2D eigenvalue weighted by atomic mass is 10.1. The highest BCUT2D eigenvalue weighted by Gasteiger charge is 2.31. The summed E-state index contributed by atoms with van der Waals surface area (Å²) in [5, 5.41) is 32.3. The lowest BCUT2D eigenvalue weighted by Gasteiger charge is -2.18. The number of carboxylic acid groups (broad SMARTS) is 1. The molecule has 148 valence electrons. The van der Waals surface area contributed by atoms with Gasteiger partial charge in [-0.1, -0.05) is 36.4 Å². The molecule has 0 heterocycles. The van der Waals surface area contributed by atoms with Gasteiger partial charge in [0.1, 0.15) is 12.2 Å². The van der Waals surface area contributed by atoms with E-state index in [1.165, 1.54) is 19.1 Å². The van der Waals surface area contributed by atoms with Gasteiger partial charge in [0, 0.05) is 0 Å². The Hall–Kier alpha value is -3.46. The Labute approximate surface area is 160 Å². The molecule has 9 nitrogen and oxygen atoms in total. The molecule has 2 aromatic rings. The zero-order valence-corrected chi connectivity index (χ0v) is 15.3. The predicted octanol–water partition coefficient (Wildman–Crippen LogP) is 2.05. The first-order valence-electron chi connectivity index (χ1n) is 8.38. The highest BCUT2D eigenvalue weighted by molar-refractivity contribution is 6.01. The number of benzene rings is 2. The molecule has 9 heteroatoms. The molecule has 0 spiro atoms. The standard InChI is InChI=1S/C19H20N2O7/c1-11-8-9-14(18(23)20-15(12(2)22)19(24)25)16(21(26)27)17(11)28-10-13-6-4-3-5-7-13/h3-9,12,15,22H,10H2,1-2H3,(H,20,23)(H,24,25)/t12-,15+/m1/s1. The number of nitro groups is 1. The topological polar surface area (TPSA) is 139 Å². The van der Waals surface area contributed by atoms with Gasteiger partial charge in [0.05, 0.1) is 11.0 Å². The van der Waals surface area contributed by atoms with Gasteiger partial charge in [0.15, 0.2) is 6.04 Å². The fraction of sp³-hybridized carbons (Fsp3) is 0.263. The number of aryl methyl sites for hydroxylation is 1. The number of carbonyl (C=O) groups is 2. The summed E-state index contributed by atoms with van der Waals surface area (Å²) in [4.78, 5) is 34.5. The van der Waals surface area contributed by atoms with Crippen molar-refractivity contribution in [3.8, 4) is 5.75 Å². The van der Waals surface area contributed by atoms with Crippen LogP contribution in [0.2, 0.25) is 0 Å². The number of hydrogen-bond donors (Lipinski definition) is 3. The number of nitro benzene ring substituents is 1. The van der Waals surface area contributed by atoms with Gasteiger partial charge in [0.2, 0.25) is 5.75 Å². The maximum Gasteiger partial charge on any atom is 0.328 e. The van der Waals surface area contributed by atoms with Crippen molar-refractivity contribution >= 4 is 17.6 Å². The predicted molar refractivity (Wildman–Crippen MR) is 99.2 cm³/mol. The summed E-state index contributed by atoms with van der Waals surface area (Å²) in [6.07, 6.45) is -1.39. The van der Waals surface area contributed by atoms with Crippen LogP contribution in [0.1, 0.15) is 28.4 Å². The fourth-order valence-corrected chi connectivity index (χ4v) is 2.56. The molecule has 1 amide bonds. The molecule has 0 aliphatic carbocycles. The summed E-state index contributed by atoms with van der Waals surface area (Å²) < 4.78 is 5.62. The Morgan fingerprint density at radius 2 is 1.86 bits per heavy atom. The molecule has 2 rings (SSSR count). The van der Waals surface area contributed by atoms with Crippen molar-refractivity contribution in [1.82, 2.24) is 5.32 Å². The summed E-state index contributed by atoms with van der Waals surface area (Å²) in [6.45, 7) is 2.85. The molecule has 0 saturated heterocycles. The SMILES string of the molecule is Cc1ccc(C(=O)N[C@H](C(=O)O)[C@@H](C)O)c([N+](=O)[O-])c1OCc1ccccc1. The van der Waals surface area contributed by atoms with Gasteiger partial charge in [0.25, 0.3) is 5.91 Å². The number of aliphatic carboxylic acids is 1. The molecule has 2 atom stereocenters. The van der Waals surface area contributed by atoms with E-state index in [1.807, 2.05) is 6.07 Å². The molecule has 0 aliphatic heterocycles. The summed E-state index contributed by atoms with van der Waals surface area (Å²) >= 11 is 0. The quantitative estimate of drug-likeness (QED) is 0.464. The maximum absolute atomic E-state index is 12.5. The molecular weight excluding hydrogens is 368 g/mol. The number of aliphatic hydroxyl groups excluding tert-OH is 1. The Kier molecular flexibility index (Phi) is 6.67. The second-order valence-corrected chi connectivity index (χ2v) is 6.17. The number of amides is 1. The molecule has 0 fully saturated rings. The minimum atomic E-state index is -1.61. The number of carbonyl (C=O) groups excluding carboxylic acids is 1. The molecule has 3 N–H and O–H groups in total. The van der Waals surface area contributed by atoms with Crippen molar-refractivity contribution in [3.05, 3.63) is 69.3 Å². The summed E-state index contributed by atoms with van der Waals surface area (Å²) in [5.74, 6) is -2.53. The van der Waals surface area contributed by atoms with E-state index < -0.39 is 34.6 Å². The van der Waals surface area contributed by atoms with E-state index in [0.717, 1.165) is 5.56 Å². The number of hydrogen-bond acceptors (Lipinski definition) is 6. The van der Waals surface area contributed by atoms with E-state index in [1.54, 1.807) is 31.2 Å². The second kappa shape index (κ2) is 8.96. The normalized spacial score (nSPS) is 12.7. The van der Waals surface area contributed by atoms with Crippen molar-refractivity contribution in [1.29, 1.82) is 0 Å². The third-order valence-corrected chi connectivity index (χ3v) is 4.02. The second-order valence-electron chi connectivity index (χ2n) is 6.17. The number of ether oxygens (including phenoxy) is 1. The van der Waals surface area contributed by atoms with Gasteiger partial charge in [-0.15, -0.1) is 0 Å². The molecule has 0 aliphatic rings. The minimum Gasteiger partial charge on any atom is -0.482 e. The van der Waals surface area contributed by atoms with Crippen molar-refractivity contribution < 1.29 is 29.5 Å². The fourth-order valence-electron chi connectivity index (χ4n) is 2.56. The van der Waals surface area contributed by atoms with Crippen LogP contribution in [0.15, 0.2) is 42.5 Å². The maximum atomic E-state index is 12.5. The molecule has 2 aromatic carbocycles. The number of aliphatic hydroxyl groups is 1. The molecule has 28 heavy (non-hydrogen) atoms. The van der Waals surface area contributed by atoms with Crippen molar-refractivity contribution in [2.24, 2.45) is 0 Å². The first-order chi connectivity index (χ1) is 13.2. The van der Waals surface area contributed by atoms with Crippen LogP contribution in [0.4, 0.5) is 5.69 Å². The van der Waals surface area contributed by atoms with Gasteiger partial charge in [-0.05, 0) is 31.0 Å². The van der Waals surface area contributed by atoms with Crippen LogP contribution in [0.5, 0.6) is 5.75 Å². The highest BCUT2D eigenvalue weighted by Crippen LogP contribution is 2.35. The van der Waals surface area contributed by atoms with Crippen molar-refractivity contribution in [2.75, 3.05) is 0 Å². The largest absolute Gasteiger partial charge is 0.482 e. The van der Waals surface area contributed by atoms with Crippen LogP contribution < -0.4 is 10.1 Å². The van der Waals surface area contributed by atoms with Crippen LogP contribution in [0.3, 0.4) is 0 Å². The number of nitrogens with zero attached hydrogens (tertiary/aromatic N) is 1. The zero-order valence-electron chi connectivity index (χ0n) is 15.3. The smallest absolute Gasteiger partial charge is 0.328 e. The van der Waals surface area contributed by atoms with Gasteiger partial charge in [-0.2, -0.15) is 0 Å². The van der Waals surface area contributed by atoms with Gasteiger partial charge < -0.3 is 20.3 Å². The highest BCUT2D eigenvalue weighted by atomic mass is 16.6. The third kappa shape index (κ3) is 4.83. The number of nitrogens with one attached hydrogen (secondary N) is 1. The molecule has 0 saturated carbocycles. The van der Waals surface area contributed by atoms with Crippen LogP contribution in [0, 0.1) is 17.0 Å². The van der Waals surface area contributed by atoms with E-state index in [-0.39, 0.29) is 17.9 Å². The molecular formula is C19H20N2O7. The van der Waals surface area contributed by atoms with E-state index in [0.29, 0.717) is 5.56 Å². The zero-order chi connectivity index (χ0) is 20.8. The van der Waals surface area contributed by atoms with Crippen LogP contribution in [-0.2, 0) is 11.4 Å². The Balaban J connectivity index is 2.38. The molecule has 0 bridgehead atoms. The van der Waals surface area contributed by atoms with Gasteiger partial charge >= 0.3 is 11.7 Å². The van der Waals surface area contributed by atoms with Crippen LogP contribution >= 0.6 is 0 Å². The van der Waals surface area contributed by atoms with E-state index in [2.05, 4.69) is 5.32 Å². The lowest BCUT2D eigenvalue weighted by Crippen LogP contribution is -2.47. The number of carboxylic acids is 1. The first-order valence-corrected chi connectivity index (χ1v) is 8.38. The van der Waals surface area contributed by atoms with E-state index in [4.69, 9.17) is 9.84 Å². The average Bonchev–Trinajstić information content (AvgIpc) is 2.64. The van der Waals surface area contributed by atoms with Crippen LogP contribution in [0.25, 0.3) is 0 Å². The van der Waals surface area contributed by atoms with E-state index in [9.17, 15) is 24.8 Å². The number of rotatable bonds is 8. The average molecular weight is 388 g/mol. The third-order valence-electron chi connectivity index (χ3n) is 4.02. The molecule has 0 unspecified atom stereocenters. The Morgan fingerprint density at radius 3 is 2.39 bits per heavy atom. The summed E-state index contributed by atoms with van der Waals surface area (Å²) in [7, 11) is 0. The summed E-state index contributed by atoms with van der Waals surface area (Å²) in [6, 6.07) is 10.1. The molecule has 0 radical (unpaired) electrons. The van der Waals surface area contributed by atoms with Crippen LogP contribution in [-0.4, -0.2) is 39.2 Å². The Bertz CT molecular complexity index is 881. The Morgan fingerprint density at radius 1 is 1.21 bits per heavy atom. The van der Waals surface area contributed by atoms with Gasteiger partial charge in [-0.3, -0.25) is 14.9 Å². The van der Waals surface area contributed by atoms with E-state index >= 15 is 0 Å². The summed E-state index contributed by atoms with van der Waals surface area (Å²) in [5.41, 5.74) is 0.310. The minimum absolute atomic E-state index is 0.0546. The van der Waals surface area contributed by atoms with Crippen molar-refractivity contribution in [3.63, 3.8) is 0 Å². The monoisotopic (exact) mass is 388 g/mol. The van der Waals surface area contributed by atoms with Crippen molar-refractivity contribution in [2.45, 2.75) is 32.6 Å². The van der Waals surface area contributed by atoms with Gasteiger partial charge in [-0.25, -0.2) is 4.79 Å². The lowest BCUT2D eigenvalue weighted by molar-refractivity contribution is -0.386. The molecule has 0 aromatic heterocycles. The first kappa shape index (κ1) is 20.8.